The van der Waals surface area contributed by atoms with Crippen LogP contribution in [0.25, 0.3) is 11.3 Å². The number of hydrogen-bond donors (Lipinski definition) is 3. The number of halogens is 1. The fraction of sp³-hybridized carbons (Fsp3) is 0. The molecular formula is C14H10BrN3O2. The predicted molar refractivity (Wildman–Crippen MR) is 79.7 cm³/mol. The lowest BCUT2D eigenvalue weighted by molar-refractivity contribution is -0.110. The first kappa shape index (κ1) is 12.7. The average Bonchev–Trinajstić information content (AvgIpc) is 2.73. The third kappa shape index (κ3) is 2.04. The number of anilines is 1. The van der Waals surface area contributed by atoms with E-state index < -0.39 is 0 Å². The molecule has 1 aromatic carbocycles. The van der Waals surface area contributed by atoms with Crippen LogP contribution in [0.1, 0.15) is 11.1 Å². The Morgan fingerprint density at radius 3 is 2.85 bits per heavy atom. The van der Waals surface area contributed by atoms with Gasteiger partial charge in [0.05, 0.1) is 17.5 Å². The molecule has 1 amide bonds. The maximum absolute atomic E-state index is 12.1. The van der Waals surface area contributed by atoms with E-state index in [9.17, 15) is 9.90 Å². The average molecular weight is 332 g/mol. The Morgan fingerprint density at radius 1 is 1.30 bits per heavy atom. The van der Waals surface area contributed by atoms with Crippen LogP contribution >= 0.6 is 15.9 Å². The van der Waals surface area contributed by atoms with Crippen molar-refractivity contribution in [2.75, 3.05) is 5.32 Å². The van der Waals surface area contributed by atoms with E-state index in [1.807, 2.05) is 12.1 Å². The molecule has 1 aliphatic rings. The third-order valence-electron chi connectivity index (χ3n) is 3.03. The van der Waals surface area contributed by atoms with Gasteiger partial charge in [-0.25, -0.2) is 0 Å². The highest BCUT2D eigenvalue weighted by molar-refractivity contribution is 9.10. The van der Waals surface area contributed by atoms with E-state index in [2.05, 4.69) is 26.2 Å². The minimum absolute atomic E-state index is 0.000999. The SMILES string of the molecule is N/C(=C1\C(=O)Nc2ccc(Br)cc21)c1cncc(O)c1. The molecule has 1 aliphatic heterocycles. The summed E-state index contributed by atoms with van der Waals surface area (Å²) in [6, 6.07) is 6.94. The van der Waals surface area contributed by atoms with Crippen molar-refractivity contribution in [1.82, 2.24) is 4.98 Å². The number of nitrogens with two attached hydrogens (primary N) is 1. The van der Waals surface area contributed by atoms with Gasteiger partial charge in [0, 0.05) is 27.5 Å². The van der Waals surface area contributed by atoms with Crippen molar-refractivity contribution in [1.29, 1.82) is 0 Å². The zero-order chi connectivity index (χ0) is 14.3. The van der Waals surface area contributed by atoms with E-state index in [1.54, 1.807) is 6.07 Å². The summed E-state index contributed by atoms with van der Waals surface area (Å²) in [7, 11) is 0. The van der Waals surface area contributed by atoms with Gasteiger partial charge in [-0.2, -0.15) is 0 Å². The number of nitrogens with one attached hydrogen (secondary N) is 1. The standard InChI is InChI=1S/C14H10BrN3O2/c15-8-1-2-11-10(4-8)12(14(20)18-11)13(16)7-3-9(19)6-17-5-7/h1-6,19H,16H2,(H,18,20)/b13-12-. The molecule has 0 saturated carbocycles. The molecule has 0 fully saturated rings. The van der Waals surface area contributed by atoms with Gasteiger partial charge in [-0.05, 0) is 24.3 Å². The normalized spacial score (nSPS) is 15.8. The number of nitrogens with zero attached hydrogens (tertiary/aromatic N) is 1. The Balaban J connectivity index is 2.21. The molecule has 20 heavy (non-hydrogen) atoms. The number of carbonyl (C=O) groups is 1. The number of amides is 1. The first-order chi connectivity index (χ1) is 9.56. The second kappa shape index (κ2) is 4.64. The van der Waals surface area contributed by atoms with E-state index >= 15 is 0 Å². The van der Waals surface area contributed by atoms with Crippen LogP contribution in [0.15, 0.2) is 41.1 Å². The minimum atomic E-state index is -0.265. The van der Waals surface area contributed by atoms with E-state index in [0.717, 1.165) is 10.0 Å². The Morgan fingerprint density at radius 2 is 2.10 bits per heavy atom. The lowest BCUT2D eigenvalue weighted by atomic mass is 10.0. The van der Waals surface area contributed by atoms with Crippen LogP contribution in [0, 0.1) is 0 Å². The number of aromatic nitrogens is 1. The molecule has 2 heterocycles. The maximum Gasteiger partial charge on any atom is 0.258 e. The van der Waals surface area contributed by atoms with Crippen molar-refractivity contribution in [3.63, 3.8) is 0 Å². The van der Waals surface area contributed by atoms with Gasteiger partial charge in [-0.15, -0.1) is 0 Å². The van der Waals surface area contributed by atoms with Crippen molar-refractivity contribution in [3.8, 4) is 5.75 Å². The zero-order valence-corrected chi connectivity index (χ0v) is 11.8. The van der Waals surface area contributed by atoms with E-state index in [-0.39, 0.29) is 17.4 Å². The monoisotopic (exact) mass is 331 g/mol. The van der Waals surface area contributed by atoms with Crippen molar-refractivity contribution in [2.45, 2.75) is 0 Å². The minimum Gasteiger partial charge on any atom is -0.506 e. The molecule has 0 spiro atoms. The van der Waals surface area contributed by atoms with Gasteiger partial charge in [-0.3, -0.25) is 9.78 Å². The van der Waals surface area contributed by atoms with Crippen molar-refractivity contribution < 1.29 is 9.90 Å². The van der Waals surface area contributed by atoms with Gasteiger partial charge in [0.25, 0.3) is 5.91 Å². The molecule has 0 saturated heterocycles. The molecule has 1 aromatic heterocycles. The molecule has 6 heteroatoms. The molecule has 0 unspecified atom stereocenters. The summed E-state index contributed by atoms with van der Waals surface area (Å²) in [6.45, 7) is 0. The molecule has 100 valence electrons. The number of carbonyl (C=O) groups excluding carboxylic acids is 1. The Bertz CT molecular complexity index is 756. The largest absolute Gasteiger partial charge is 0.506 e. The first-order valence-corrected chi connectivity index (χ1v) is 6.61. The molecule has 4 N–H and O–H groups in total. The molecule has 0 aliphatic carbocycles. The Hall–Kier alpha value is -2.34. The molecule has 0 atom stereocenters. The lowest BCUT2D eigenvalue weighted by Crippen LogP contribution is -2.09. The highest BCUT2D eigenvalue weighted by Crippen LogP contribution is 2.37. The Kier molecular flexibility index (Phi) is 2.94. The number of pyridine rings is 1. The summed E-state index contributed by atoms with van der Waals surface area (Å²) < 4.78 is 0.854. The van der Waals surface area contributed by atoms with Gasteiger partial charge in [0.15, 0.2) is 0 Å². The van der Waals surface area contributed by atoms with Crippen molar-refractivity contribution >= 4 is 38.8 Å². The lowest BCUT2D eigenvalue weighted by Gasteiger charge is -2.06. The fourth-order valence-electron chi connectivity index (χ4n) is 2.13. The van der Waals surface area contributed by atoms with Crippen molar-refractivity contribution in [2.24, 2.45) is 5.73 Å². The molecule has 2 aromatic rings. The van der Waals surface area contributed by atoms with E-state index in [4.69, 9.17) is 5.73 Å². The van der Waals surface area contributed by atoms with Gasteiger partial charge >= 0.3 is 0 Å². The first-order valence-electron chi connectivity index (χ1n) is 5.81. The highest BCUT2D eigenvalue weighted by Gasteiger charge is 2.27. The summed E-state index contributed by atoms with van der Waals surface area (Å²) in [6.07, 6.45) is 2.81. The number of rotatable bonds is 1. The second-order valence-corrected chi connectivity index (χ2v) is 5.28. The zero-order valence-electron chi connectivity index (χ0n) is 10.2. The van der Waals surface area contributed by atoms with Crippen LogP contribution < -0.4 is 11.1 Å². The number of aromatic hydroxyl groups is 1. The van der Waals surface area contributed by atoms with Crippen molar-refractivity contribution in [3.05, 3.63) is 52.3 Å². The number of hydrogen-bond acceptors (Lipinski definition) is 4. The quantitative estimate of drug-likeness (QED) is 0.700. The van der Waals surface area contributed by atoms with Crippen LogP contribution in [0.4, 0.5) is 5.69 Å². The second-order valence-electron chi connectivity index (χ2n) is 4.36. The highest BCUT2D eigenvalue weighted by atomic mass is 79.9. The molecule has 0 radical (unpaired) electrons. The van der Waals surface area contributed by atoms with Crippen LogP contribution in [-0.4, -0.2) is 16.0 Å². The summed E-state index contributed by atoms with van der Waals surface area (Å²) in [4.78, 5) is 16.0. The van der Waals surface area contributed by atoms with Gasteiger partial charge in [0.1, 0.15) is 5.75 Å². The van der Waals surface area contributed by atoms with Crippen LogP contribution in [-0.2, 0) is 4.79 Å². The van der Waals surface area contributed by atoms with Crippen LogP contribution in [0.5, 0.6) is 5.75 Å². The number of fused-ring (bicyclic) bond motifs is 1. The molecule has 5 nitrogen and oxygen atoms in total. The van der Waals surface area contributed by atoms with Gasteiger partial charge in [0.2, 0.25) is 0 Å². The van der Waals surface area contributed by atoms with Crippen LogP contribution in [0.3, 0.4) is 0 Å². The molecular weight excluding hydrogens is 322 g/mol. The summed E-state index contributed by atoms with van der Waals surface area (Å²) in [5.74, 6) is -0.266. The third-order valence-corrected chi connectivity index (χ3v) is 3.52. The summed E-state index contributed by atoms with van der Waals surface area (Å²) in [5, 5.41) is 12.2. The van der Waals surface area contributed by atoms with Gasteiger partial charge < -0.3 is 16.2 Å². The van der Waals surface area contributed by atoms with Crippen LogP contribution in [0.2, 0.25) is 0 Å². The van der Waals surface area contributed by atoms with Gasteiger partial charge in [-0.1, -0.05) is 15.9 Å². The summed E-state index contributed by atoms with van der Waals surface area (Å²) >= 11 is 3.37. The molecule has 3 rings (SSSR count). The smallest absolute Gasteiger partial charge is 0.258 e. The molecule has 0 bridgehead atoms. The number of benzene rings is 1. The van der Waals surface area contributed by atoms with E-state index in [0.29, 0.717) is 16.8 Å². The summed E-state index contributed by atoms with van der Waals surface area (Å²) in [5.41, 5.74) is 8.68. The van der Waals surface area contributed by atoms with E-state index in [1.165, 1.54) is 18.5 Å². The topological polar surface area (TPSA) is 88.2 Å². The Labute approximate surface area is 123 Å². The maximum atomic E-state index is 12.1. The predicted octanol–water partition coefficient (Wildman–Crippen LogP) is 2.33. The fourth-order valence-corrected chi connectivity index (χ4v) is 2.49.